The molecule has 0 bridgehead atoms. The van der Waals surface area contributed by atoms with Gasteiger partial charge < -0.3 is 9.80 Å². The van der Waals surface area contributed by atoms with Crippen molar-refractivity contribution in [2.45, 2.75) is 6.92 Å². The summed E-state index contributed by atoms with van der Waals surface area (Å²) in [7, 11) is 0. The fraction of sp³-hybridized carbons (Fsp3) is 0.455. The summed E-state index contributed by atoms with van der Waals surface area (Å²) in [5.41, 5.74) is 1.14. The van der Waals surface area contributed by atoms with Gasteiger partial charge in [-0.25, -0.2) is 4.98 Å². The average Bonchev–Trinajstić information content (AvgIpc) is 2.29. The third-order valence-electron chi connectivity index (χ3n) is 2.72. The highest BCUT2D eigenvalue weighted by Gasteiger charge is 2.18. The van der Waals surface area contributed by atoms with Crippen molar-refractivity contribution in [3.05, 3.63) is 22.3 Å². The molecule has 0 unspecified atom stereocenters. The summed E-state index contributed by atoms with van der Waals surface area (Å²) in [5.74, 6) is 0.969. The third kappa shape index (κ3) is 2.35. The van der Waals surface area contributed by atoms with E-state index in [-0.39, 0.29) is 0 Å². The van der Waals surface area contributed by atoms with E-state index in [1.54, 1.807) is 4.90 Å². The van der Waals surface area contributed by atoms with Crippen LogP contribution in [0.15, 0.2) is 16.7 Å². The summed E-state index contributed by atoms with van der Waals surface area (Å²) < 4.78 is 1.02. The van der Waals surface area contributed by atoms with Crippen LogP contribution in [0.1, 0.15) is 5.56 Å². The second-order valence-corrected chi connectivity index (χ2v) is 4.80. The molecule has 0 saturated carbocycles. The minimum atomic E-state index is 0.769. The summed E-state index contributed by atoms with van der Waals surface area (Å²) in [4.78, 5) is 19.0. The highest BCUT2D eigenvalue weighted by Crippen LogP contribution is 2.25. The predicted octanol–water partition coefficient (Wildman–Crippen LogP) is 1.43. The fourth-order valence-corrected chi connectivity index (χ4v) is 2.51. The van der Waals surface area contributed by atoms with Crippen LogP contribution in [-0.2, 0) is 4.79 Å². The Morgan fingerprint density at radius 3 is 2.62 bits per heavy atom. The van der Waals surface area contributed by atoms with E-state index in [4.69, 9.17) is 0 Å². The van der Waals surface area contributed by atoms with Gasteiger partial charge in [0, 0.05) is 32.4 Å². The van der Waals surface area contributed by atoms with E-state index >= 15 is 0 Å². The number of aryl methyl sites for hydroxylation is 1. The number of aromatic nitrogens is 1. The molecule has 0 radical (unpaired) electrons. The van der Waals surface area contributed by atoms with Gasteiger partial charge in [-0.05, 0) is 34.5 Å². The van der Waals surface area contributed by atoms with E-state index in [1.807, 2.05) is 13.1 Å². The molecule has 1 aliphatic rings. The van der Waals surface area contributed by atoms with Gasteiger partial charge in [0.2, 0.25) is 6.41 Å². The first-order chi connectivity index (χ1) is 7.70. The number of amides is 1. The summed E-state index contributed by atoms with van der Waals surface area (Å²) in [6.07, 6.45) is 2.78. The Bertz CT molecular complexity index is 389. The summed E-state index contributed by atoms with van der Waals surface area (Å²) in [6.45, 7) is 5.24. The van der Waals surface area contributed by atoms with Gasteiger partial charge in [0.1, 0.15) is 5.82 Å². The zero-order chi connectivity index (χ0) is 11.5. The van der Waals surface area contributed by atoms with E-state index in [1.165, 1.54) is 0 Å². The van der Waals surface area contributed by atoms with Crippen LogP contribution in [0.4, 0.5) is 5.82 Å². The Kier molecular flexibility index (Phi) is 3.43. The second kappa shape index (κ2) is 4.82. The molecular formula is C11H14BrN3O. The number of anilines is 1. The molecule has 0 atom stereocenters. The number of hydrogen-bond donors (Lipinski definition) is 0. The maximum atomic E-state index is 10.6. The molecule has 2 rings (SSSR count). The molecule has 1 saturated heterocycles. The molecule has 0 aliphatic carbocycles. The molecule has 2 heterocycles. The van der Waals surface area contributed by atoms with Crippen molar-refractivity contribution in [1.82, 2.24) is 9.88 Å². The van der Waals surface area contributed by atoms with Crippen LogP contribution < -0.4 is 4.90 Å². The van der Waals surface area contributed by atoms with Crippen LogP contribution in [0.5, 0.6) is 0 Å². The smallest absolute Gasteiger partial charge is 0.209 e. The number of hydrogen-bond acceptors (Lipinski definition) is 3. The Hall–Kier alpha value is -1.10. The minimum absolute atomic E-state index is 0.769. The minimum Gasteiger partial charge on any atom is -0.352 e. The van der Waals surface area contributed by atoms with E-state index < -0.39 is 0 Å². The lowest BCUT2D eigenvalue weighted by atomic mass is 10.3. The number of piperazine rings is 1. The molecular weight excluding hydrogens is 270 g/mol. The molecule has 16 heavy (non-hydrogen) atoms. The van der Waals surface area contributed by atoms with E-state index in [0.29, 0.717) is 0 Å². The van der Waals surface area contributed by atoms with Gasteiger partial charge in [-0.1, -0.05) is 0 Å². The molecule has 1 aromatic heterocycles. The van der Waals surface area contributed by atoms with Crippen LogP contribution in [0.25, 0.3) is 0 Å². The van der Waals surface area contributed by atoms with Crippen molar-refractivity contribution in [3.8, 4) is 0 Å². The molecule has 1 aromatic rings. The Morgan fingerprint density at radius 1 is 1.38 bits per heavy atom. The van der Waals surface area contributed by atoms with E-state index in [2.05, 4.69) is 31.9 Å². The van der Waals surface area contributed by atoms with Crippen molar-refractivity contribution < 1.29 is 4.79 Å². The average molecular weight is 284 g/mol. The zero-order valence-corrected chi connectivity index (χ0v) is 10.8. The van der Waals surface area contributed by atoms with Crippen LogP contribution in [0, 0.1) is 6.92 Å². The summed E-state index contributed by atoms with van der Waals surface area (Å²) >= 11 is 3.53. The molecule has 1 fully saturated rings. The van der Waals surface area contributed by atoms with Gasteiger partial charge in [-0.2, -0.15) is 0 Å². The second-order valence-electron chi connectivity index (χ2n) is 3.95. The first kappa shape index (κ1) is 11.4. The van der Waals surface area contributed by atoms with Gasteiger partial charge >= 0.3 is 0 Å². The van der Waals surface area contributed by atoms with Crippen LogP contribution in [0.3, 0.4) is 0 Å². The highest BCUT2D eigenvalue weighted by atomic mass is 79.9. The predicted molar refractivity (Wildman–Crippen MR) is 66.5 cm³/mol. The monoisotopic (exact) mass is 283 g/mol. The first-order valence-electron chi connectivity index (χ1n) is 5.27. The normalized spacial score (nSPS) is 16.4. The van der Waals surface area contributed by atoms with Gasteiger partial charge in [0.05, 0.1) is 4.47 Å². The maximum Gasteiger partial charge on any atom is 0.209 e. The van der Waals surface area contributed by atoms with Crippen LogP contribution in [0.2, 0.25) is 0 Å². The fourth-order valence-electron chi connectivity index (χ4n) is 1.80. The van der Waals surface area contributed by atoms with Crippen molar-refractivity contribution in [1.29, 1.82) is 0 Å². The molecule has 1 amide bonds. The Labute approximate surface area is 103 Å². The molecule has 86 valence electrons. The van der Waals surface area contributed by atoms with Gasteiger partial charge in [0.15, 0.2) is 0 Å². The van der Waals surface area contributed by atoms with E-state index in [9.17, 15) is 4.79 Å². The van der Waals surface area contributed by atoms with Crippen LogP contribution in [-0.4, -0.2) is 42.5 Å². The SMILES string of the molecule is Cc1cnc(N2CCN(C=O)CC2)c(Br)c1. The topological polar surface area (TPSA) is 36.4 Å². The molecule has 1 aliphatic heterocycles. The Balaban J connectivity index is 2.11. The lowest BCUT2D eigenvalue weighted by Crippen LogP contribution is -2.46. The number of carbonyl (C=O) groups excluding carboxylic acids is 1. The summed E-state index contributed by atoms with van der Waals surface area (Å²) in [6, 6.07) is 2.06. The van der Waals surface area contributed by atoms with Gasteiger partial charge in [-0.15, -0.1) is 0 Å². The number of rotatable bonds is 2. The molecule has 0 N–H and O–H groups in total. The largest absolute Gasteiger partial charge is 0.352 e. The van der Waals surface area contributed by atoms with Crippen molar-refractivity contribution >= 4 is 28.2 Å². The standard InChI is InChI=1S/C11H14BrN3O/c1-9-6-10(12)11(13-7-9)15-4-2-14(8-16)3-5-15/h6-8H,2-5H2,1H3. The summed E-state index contributed by atoms with van der Waals surface area (Å²) in [5, 5.41) is 0. The van der Waals surface area contributed by atoms with Crippen molar-refractivity contribution in [2.75, 3.05) is 31.1 Å². The number of halogens is 1. The van der Waals surface area contributed by atoms with Crippen molar-refractivity contribution in [3.63, 3.8) is 0 Å². The molecule has 5 heteroatoms. The quantitative estimate of drug-likeness (QED) is 0.771. The lowest BCUT2D eigenvalue weighted by molar-refractivity contribution is -0.118. The highest BCUT2D eigenvalue weighted by molar-refractivity contribution is 9.10. The first-order valence-corrected chi connectivity index (χ1v) is 6.06. The number of nitrogens with zero attached hydrogens (tertiary/aromatic N) is 3. The van der Waals surface area contributed by atoms with Gasteiger partial charge in [-0.3, -0.25) is 4.79 Å². The number of pyridine rings is 1. The van der Waals surface area contributed by atoms with Crippen LogP contribution >= 0.6 is 15.9 Å². The van der Waals surface area contributed by atoms with Crippen molar-refractivity contribution in [2.24, 2.45) is 0 Å². The Morgan fingerprint density at radius 2 is 2.06 bits per heavy atom. The zero-order valence-electron chi connectivity index (χ0n) is 9.19. The van der Waals surface area contributed by atoms with E-state index in [0.717, 1.165) is 48.4 Å². The molecule has 0 aromatic carbocycles. The molecule has 0 spiro atoms. The number of carbonyl (C=O) groups is 1. The molecule has 4 nitrogen and oxygen atoms in total. The van der Waals surface area contributed by atoms with Gasteiger partial charge in [0.25, 0.3) is 0 Å². The maximum absolute atomic E-state index is 10.6. The third-order valence-corrected chi connectivity index (χ3v) is 3.30. The lowest BCUT2D eigenvalue weighted by Gasteiger charge is -2.33.